The van der Waals surface area contributed by atoms with Crippen molar-refractivity contribution in [3.63, 3.8) is 0 Å². The molecule has 0 saturated carbocycles. The molecule has 1 N–H and O–H groups in total. The summed E-state index contributed by atoms with van der Waals surface area (Å²) in [6.07, 6.45) is -4.69. The van der Waals surface area contributed by atoms with Gasteiger partial charge in [-0.1, -0.05) is 6.92 Å². The Morgan fingerprint density at radius 3 is 2.00 bits per heavy atom. The monoisotopic (exact) mass is 562 g/mol. The van der Waals surface area contributed by atoms with Crippen LogP contribution >= 0.6 is 11.8 Å². The van der Waals surface area contributed by atoms with Crippen LogP contribution < -0.4 is 14.2 Å². The van der Waals surface area contributed by atoms with Crippen LogP contribution in [0.3, 0.4) is 0 Å². The predicted octanol–water partition coefficient (Wildman–Crippen LogP) is 7.16. The highest BCUT2D eigenvalue weighted by Gasteiger charge is 2.30. The van der Waals surface area contributed by atoms with E-state index in [9.17, 15) is 22.8 Å². The third-order valence-corrected chi connectivity index (χ3v) is 6.64. The first-order valence-electron chi connectivity index (χ1n) is 12.3. The third kappa shape index (κ3) is 9.55. The number of hydrogen-bond donors (Lipinski definition) is 1. The molecule has 10 heteroatoms. The maximum absolute atomic E-state index is 12.9. The van der Waals surface area contributed by atoms with Crippen molar-refractivity contribution in [3.8, 4) is 17.2 Å². The lowest BCUT2D eigenvalue weighted by Crippen LogP contribution is -2.27. The van der Waals surface area contributed by atoms with Crippen LogP contribution in [0.15, 0.2) is 77.7 Å². The number of rotatable bonds is 14. The van der Waals surface area contributed by atoms with E-state index in [1.54, 1.807) is 48.5 Å². The summed E-state index contributed by atoms with van der Waals surface area (Å²) in [7, 11) is 0. The minimum Gasteiger partial charge on any atom is -0.490 e. The normalized spacial score (nSPS) is 12.8. The van der Waals surface area contributed by atoms with Crippen molar-refractivity contribution >= 4 is 23.5 Å². The molecule has 0 aliphatic heterocycles. The highest BCUT2D eigenvalue weighted by atomic mass is 32.2. The number of thioether (sulfide) groups is 1. The molecule has 0 aliphatic rings. The number of carboxylic acid groups (broad SMARTS) is 1. The van der Waals surface area contributed by atoms with Crippen LogP contribution in [0.5, 0.6) is 17.2 Å². The van der Waals surface area contributed by atoms with Crippen molar-refractivity contribution in [2.75, 3.05) is 12.4 Å². The van der Waals surface area contributed by atoms with Crippen LogP contribution in [-0.4, -0.2) is 41.4 Å². The zero-order valence-corrected chi connectivity index (χ0v) is 22.3. The molecular formula is C29H29F3O6S. The standard InChI is InChI=1S/C29H29F3O6S/c1-3-4-27(33)20-5-9-24(10-6-20)38-25(17-36-22-11-7-21(8-12-22)29(30,31)32)18-39-26-15-13-23(14-16-26)37-19(2)28(34)35/h5-16,19,25H,3-4,17-18H2,1-2H3,(H,34,35). The summed E-state index contributed by atoms with van der Waals surface area (Å²) < 4.78 is 55.8. The second-order valence-electron chi connectivity index (χ2n) is 8.65. The van der Waals surface area contributed by atoms with E-state index in [4.69, 9.17) is 19.3 Å². The van der Waals surface area contributed by atoms with Crippen molar-refractivity contribution in [2.45, 2.75) is 50.0 Å². The van der Waals surface area contributed by atoms with Crippen LogP contribution in [0.25, 0.3) is 0 Å². The number of aliphatic carboxylic acids is 1. The van der Waals surface area contributed by atoms with E-state index in [-0.39, 0.29) is 18.1 Å². The Kier molecular flexibility index (Phi) is 10.7. The van der Waals surface area contributed by atoms with E-state index >= 15 is 0 Å². The maximum Gasteiger partial charge on any atom is 0.416 e. The van der Waals surface area contributed by atoms with Gasteiger partial charge in [-0.2, -0.15) is 13.2 Å². The number of carboxylic acids is 1. The molecule has 0 saturated heterocycles. The van der Waals surface area contributed by atoms with E-state index in [0.29, 0.717) is 29.2 Å². The summed E-state index contributed by atoms with van der Waals surface area (Å²) in [6.45, 7) is 3.44. The number of alkyl halides is 3. The average Bonchev–Trinajstić information content (AvgIpc) is 2.91. The topological polar surface area (TPSA) is 82.1 Å². The number of hydrogen-bond acceptors (Lipinski definition) is 6. The van der Waals surface area contributed by atoms with Crippen LogP contribution in [0.4, 0.5) is 13.2 Å². The van der Waals surface area contributed by atoms with Gasteiger partial charge >= 0.3 is 12.1 Å². The van der Waals surface area contributed by atoms with Gasteiger partial charge in [0.2, 0.25) is 0 Å². The predicted molar refractivity (Wildman–Crippen MR) is 142 cm³/mol. The Bertz CT molecular complexity index is 1210. The van der Waals surface area contributed by atoms with Gasteiger partial charge in [-0.3, -0.25) is 4.79 Å². The molecule has 3 rings (SSSR count). The van der Waals surface area contributed by atoms with Crippen molar-refractivity contribution in [1.29, 1.82) is 0 Å². The summed E-state index contributed by atoms with van der Waals surface area (Å²) in [5.41, 5.74) is -0.170. The summed E-state index contributed by atoms with van der Waals surface area (Å²) in [6, 6.07) is 18.2. The molecule has 2 atom stereocenters. The molecule has 0 spiro atoms. The zero-order valence-electron chi connectivity index (χ0n) is 21.4. The third-order valence-electron chi connectivity index (χ3n) is 5.49. The number of carbonyl (C=O) groups is 2. The van der Waals surface area contributed by atoms with Crippen LogP contribution in [0, 0.1) is 0 Å². The van der Waals surface area contributed by atoms with Crippen molar-refractivity contribution in [2.24, 2.45) is 0 Å². The van der Waals surface area contributed by atoms with E-state index in [0.717, 1.165) is 23.4 Å². The summed E-state index contributed by atoms with van der Waals surface area (Å²) in [4.78, 5) is 24.0. The van der Waals surface area contributed by atoms with E-state index in [1.807, 2.05) is 6.92 Å². The fourth-order valence-corrected chi connectivity index (χ4v) is 4.26. The highest BCUT2D eigenvalue weighted by molar-refractivity contribution is 7.99. The fraction of sp³-hybridized carbons (Fsp3) is 0.310. The quantitative estimate of drug-likeness (QED) is 0.165. The number of Topliss-reactive ketones (excluding diaryl/α,β-unsaturated/α-hetero) is 1. The smallest absolute Gasteiger partial charge is 0.416 e. The lowest BCUT2D eigenvalue weighted by molar-refractivity contribution is -0.144. The number of ketones is 1. The Balaban J connectivity index is 1.67. The fourth-order valence-electron chi connectivity index (χ4n) is 3.39. The molecule has 0 heterocycles. The summed E-state index contributed by atoms with van der Waals surface area (Å²) in [5.74, 6) is 0.636. The van der Waals surface area contributed by atoms with Gasteiger partial charge in [0, 0.05) is 22.6 Å². The zero-order chi connectivity index (χ0) is 28.4. The summed E-state index contributed by atoms with van der Waals surface area (Å²) in [5, 5.41) is 8.99. The van der Waals surface area contributed by atoms with E-state index < -0.39 is 29.9 Å². The lowest BCUT2D eigenvalue weighted by atomic mass is 10.1. The summed E-state index contributed by atoms with van der Waals surface area (Å²) >= 11 is 1.46. The van der Waals surface area contributed by atoms with Crippen LogP contribution in [0.2, 0.25) is 0 Å². The van der Waals surface area contributed by atoms with Crippen molar-refractivity contribution < 1.29 is 42.1 Å². The van der Waals surface area contributed by atoms with Crippen molar-refractivity contribution in [1.82, 2.24) is 0 Å². The molecule has 0 aliphatic carbocycles. The molecule has 0 radical (unpaired) electrons. The minimum atomic E-state index is -4.43. The van der Waals surface area contributed by atoms with Crippen molar-refractivity contribution in [3.05, 3.63) is 83.9 Å². The van der Waals surface area contributed by atoms with Gasteiger partial charge < -0.3 is 19.3 Å². The number of halogens is 3. The SMILES string of the molecule is CCCC(=O)c1ccc(OC(COc2ccc(C(F)(F)F)cc2)CSc2ccc(OC(C)C(=O)O)cc2)cc1. The second-order valence-corrected chi connectivity index (χ2v) is 9.74. The average molecular weight is 563 g/mol. The number of ether oxygens (including phenoxy) is 3. The Labute approximate surface area is 229 Å². The van der Waals surface area contributed by atoms with Crippen LogP contribution in [0.1, 0.15) is 42.6 Å². The molecule has 0 amide bonds. The molecule has 0 aromatic heterocycles. The molecule has 0 fully saturated rings. The number of carbonyl (C=O) groups excluding carboxylic acids is 1. The van der Waals surface area contributed by atoms with Gasteiger partial charge in [0.25, 0.3) is 0 Å². The molecule has 6 nitrogen and oxygen atoms in total. The Morgan fingerprint density at radius 2 is 1.44 bits per heavy atom. The highest BCUT2D eigenvalue weighted by Crippen LogP contribution is 2.30. The first-order chi connectivity index (χ1) is 18.5. The van der Waals surface area contributed by atoms with Crippen LogP contribution in [-0.2, 0) is 11.0 Å². The largest absolute Gasteiger partial charge is 0.490 e. The lowest BCUT2D eigenvalue weighted by Gasteiger charge is -2.20. The molecule has 208 valence electrons. The van der Waals surface area contributed by atoms with Gasteiger partial charge in [0.05, 0.1) is 5.56 Å². The first kappa shape index (κ1) is 29.9. The Hall–Kier alpha value is -3.66. The van der Waals surface area contributed by atoms with Gasteiger partial charge in [-0.15, -0.1) is 11.8 Å². The maximum atomic E-state index is 12.9. The van der Waals surface area contributed by atoms with Gasteiger partial charge in [-0.25, -0.2) is 4.79 Å². The molecule has 3 aromatic rings. The number of benzene rings is 3. The molecule has 39 heavy (non-hydrogen) atoms. The van der Waals surface area contributed by atoms with Gasteiger partial charge in [-0.05, 0) is 86.1 Å². The Morgan fingerprint density at radius 1 is 0.872 bits per heavy atom. The van der Waals surface area contributed by atoms with E-state index in [2.05, 4.69) is 0 Å². The van der Waals surface area contributed by atoms with E-state index in [1.165, 1.54) is 30.8 Å². The minimum absolute atomic E-state index is 0.0481. The molecule has 0 bridgehead atoms. The second kappa shape index (κ2) is 13.9. The molecule has 2 unspecified atom stereocenters. The van der Waals surface area contributed by atoms with Gasteiger partial charge in [0.1, 0.15) is 30.0 Å². The molecule has 3 aromatic carbocycles. The molecular weight excluding hydrogens is 533 g/mol. The van der Waals surface area contributed by atoms with Gasteiger partial charge in [0.15, 0.2) is 11.9 Å². The first-order valence-corrected chi connectivity index (χ1v) is 13.3.